The smallest absolute Gasteiger partial charge is 0.190 e. The van der Waals surface area contributed by atoms with Crippen LogP contribution in [0.4, 0.5) is 8.78 Å². The lowest BCUT2D eigenvalue weighted by Gasteiger charge is -2.18. The van der Waals surface area contributed by atoms with E-state index in [1.165, 1.54) is 12.1 Å². The lowest BCUT2D eigenvalue weighted by atomic mass is 9.93. The Hall–Kier alpha value is -1.16. The maximum atomic E-state index is 13.8. The van der Waals surface area contributed by atoms with Crippen LogP contribution in [0, 0.1) is 17.0 Å². The van der Waals surface area contributed by atoms with Crippen molar-refractivity contribution in [2.24, 2.45) is 11.1 Å². The molecule has 0 radical (unpaired) electrons. The third kappa shape index (κ3) is 5.55. The minimum atomic E-state index is -0.662. The lowest BCUT2D eigenvalue weighted by Crippen LogP contribution is -2.18. The fourth-order valence-electron chi connectivity index (χ4n) is 1.70. The van der Waals surface area contributed by atoms with E-state index in [1.54, 1.807) is 6.92 Å². The Bertz CT molecular complexity index is 402. The number of hydrogen-bond donors (Lipinski definition) is 1. The van der Waals surface area contributed by atoms with Crippen LogP contribution in [-0.2, 0) is 6.42 Å². The fourth-order valence-corrected chi connectivity index (χ4v) is 1.70. The number of nitrogens with two attached hydrogens (primary N) is 1. The summed E-state index contributed by atoms with van der Waals surface area (Å²) in [6, 6.07) is 2.45. The van der Waals surface area contributed by atoms with Crippen LogP contribution in [0.25, 0.3) is 0 Å². The predicted octanol–water partition coefficient (Wildman–Crippen LogP) is 3.67. The molecule has 0 heterocycles. The number of benzene rings is 1. The van der Waals surface area contributed by atoms with Gasteiger partial charge >= 0.3 is 0 Å². The summed E-state index contributed by atoms with van der Waals surface area (Å²) in [5.74, 6) is -1.62. The van der Waals surface area contributed by atoms with E-state index in [0.717, 1.165) is 6.42 Å². The second kappa shape index (κ2) is 6.33. The molecule has 2 N–H and O–H groups in total. The third-order valence-corrected chi connectivity index (χ3v) is 2.71. The van der Waals surface area contributed by atoms with Gasteiger partial charge in [-0.3, -0.25) is 0 Å². The summed E-state index contributed by atoms with van der Waals surface area (Å²) in [5.41, 5.74) is 6.24. The molecular weight excluding hydrogens is 248 g/mol. The van der Waals surface area contributed by atoms with E-state index < -0.39 is 11.6 Å². The minimum Gasteiger partial charge on any atom is -0.488 e. The van der Waals surface area contributed by atoms with Crippen LogP contribution in [0.15, 0.2) is 12.1 Å². The first kappa shape index (κ1) is 15.9. The van der Waals surface area contributed by atoms with Gasteiger partial charge in [-0.25, -0.2) is 8.78 Å². The topological polar surface area (TPSA) is 35.2 Å². The van der Waals surface area contributed by atoms with E-state index >= 15 is 0 Å². The summed E-state index contributed by atoms with van der Waals surface area (Å²) >= 11 is 0. The van der Waals surface area contributed by atoms with E-state index in [4.69, 9.17) is 10.5 Å². The highest BCUT2D eigenvalue weighted by atomic mass is 19.1. The molecule has 1 atom stereocenters. The maximum Gasteiger partial charge on any atom is 0.190 e. The minimum absolute atomic E-state index is 0.0713. The molecule has 0 saturated heterocycles. The van der Waals surface area contributed by atoms with Gasteiger partial charge in [0.1, 0.15) is 0 Å². The van der Waals surface area contributed by atoms with Gasteiger partial charge in [0.2, 0.25) is 0 Å². The largest absolute Gasteiger partial charge is 0.488 e. The summed E-state index contributed by atoms with van der Waals surface area (Å²) in [6.45, 7) is 8.24. The van der Waals surface area contributed by atoms with Gasteiger partial charge in [0.25, 0.3) is 0 Å². The molecule has 0 aliphatic rings. The third-order valence-electron chi connectivity index (χ3n) is 2.71. The Morgan fingerprint density at radius 2 is 1.74 bits per heavy atom. The maximum absolute atomic E-state index is 13.8. The molecule has 0 aliphatic carbocycles. The van der Waals surface area contributed by atoms with Gasteiger partial charge in [0, 0.05) is 6.04 Å². The van der Waals surface area contributed by atoms with E-state index in [0.29, 0.717) is 18.6 Å². The molecular formula is C15H23F2NO. The average Bonchev–Trinajstić information content (AvgIpc) is 2.19. The molecule has 19 heavy (non-hydrogen) atoms. The van der Waals surface area contributed by atoms with Crippen LogP contribution < -0.4 is 10.5 Å². The molecule has 108 valence electrons. The highest BCUT2D eigenvalue weighted by Crippen LogP contribution is 2.25. The molecule has 1 aromatic carbocycles. The molecule has 4 heteroatoms. The molecule has 0 aliphatic heterocycles. The summed E-state index contributed by atoms with van der Waals surface area (Å²) in [4.78, 5) is 0. The van der Waals surface area contributed by atoms with Gasteiger partial charge < -0.3 is 10.5 Å². The first-order chi connectivity index (χ1) is 8.69. The number of hydrogen-bond acceptors (Lipinski definition) is 2. The predicted molar refractivity (Wildman–Crippen MR) is 73.3 cm³/mol. The average molecular weight is 271 g/mol. The van der Waals surface area contributed by atoms with E-state index in [-0.39, 0.29) is 17.2 Å². The van der Waals surface area contributed by atoms with Crippen LogP contribution in [-0.4, -0.2) is 12.6 Å². The Morgan fingerprint density at radius 1 is 1.21 bits per heavy atom. The molecule has 0 bridgehead atoms. The van der Waals surface area contributed by atoms with Crippen LogP contribution in [0.2, 0.25) is 0 Å². The van der Waals surface area contributed by atoms with Gasteiger partial charge in [-0.05, 0) is 42.9 Å². The van der Waals surface area contributed by atoms with Gasteiger partial charge in [-0.2, -0.15) is 0 Å². The van der Waals surface area contributed by atoms with E-state index in [2.05, 4.69) is 20.8 Å². The number of rotatable bonds is 5. The SMILES string of the molecule is CC(N)Cc1cc(F)c(OCCC(C)(C)C)c(F)c1. The van der Waals surface area contributed by atoms with Crippen molar-refractivity contribution in [1.29, 1.82) is 0 Å². The van der Waals surface area contributed by atoms with Crippen molar-refractivity contribution in [2.75, 3.05) is 6.61 Å². The summed E-state index contributed by atoms with van der Waals surface area (Å²) in [7, 11) is 0. The van der Waals surface area contributed by atoms with Gasteiger partial charge in [0.15, 0.2) is 17.4 Å². The first-order valence-corrected chi connectivity index (χ1v) is 6.55. The van der Waals surface area contributed by atoms with Crippen molar-refractivity contribution in [3.8, 4) is 5.75 Å². The van der Waals surface area contributed by atoms with E-state index in [1.807, 2.05) is 0 Å². The normalized spacial score (nSPS) is 13.4. The van der Waals surface area contributed by atoms with Crippen molar-refractivity contribution in [2.45, 2.75) is 46.6 Å². The van der Waals surface area contributed by atoms with Crippen molar-refractivity contribution in [3.05, 3.63) is 29.3 Å². The van der Waals surface area contributed by atoms with Crippen LogP contribution in [0.5, 0.6) is 5.75 Å². The van der Waals surface area contributed by atoms with Crippen LogP contribution in [0.1, 0.15) is 39.7 Å². The molecule has 1 rings (SSSR count). The van der Waals surface area contributed by atoms with Gasteiger partial charge in [-0.15, -0.1) is 0 Å². The standard InChI is InChI=1S/C15H23F2NO/c1-10(18)7-11-8-12(16)14(13(17)9-11)19-6-5-15(2,3)4/h8-10H,5-7,18H2,1-4H3. The lowest BCUT2D eigenvalue weighted by molar-refractivity contribution is 0.226. The van der Waals surface area contributed by atoms with Crippen molar-refractivity contribution < 1.29 is 13.5 Å². The zero-order valence-corrected chi connectivity index (χ0v) is 12.1. The molecule has 1 unspecified atom stereocenters. The van der Waals surface area contributed by atoms with Crippen molar-refractivity contribution in [3.63, 3.8) is 0 Å². The first-order valence-electron chi connectivity index (χ1n) is 6.55. The molecule has 0 aromatic heterocycles. The van der Waals surface area contributed by atoms with Crippen molar-refractivity contribution in [1.82, 2.24) is 0 Å². The quantitative estimate of drug-likeness (QED) is 0.886. The molecule has 1 aromatic rings. The Balaban J connectivity index is 2.74. The highest BCUT2D eigenvalue weighted by Gasteiger charge is 2.15. The second-order valence-electron chi connectivity index (χ2n) is 6.23. The Morgan fingerprint density at radius 3 is 2.16 bits per heavy atom. The number of halogens is 2. The summed E-state index contributed by atoms with van der Waals surface area (Å²) < 4.78 is 32.8. The highest BCUT2D eigenvalue weighted by molar-refractivity contribution is 5.31. The summed E-state index contributed by atoms with van der Waals surface area (Å²) in [6.07, 6.45) is 1.17. The van der Waals surface area contributed by atoms with Gasteiger partial charge in [0.05, 0.1) is 6.61 Å². The molecule has 0 spiro atoms. The molecule has 0 amide bonds. The van der Waals surface area contributed by atoms with Crippen molar-refractivity contribution >= 4 is 0 Å². The fraction of sp³-hybridized carbons (Fsp3) is 0.600. The Labute approximate surface area is 114 Å². The second-order valence-corrected chi connectivity index (χ2v) is 6.23. The zero-order chi connectivity index (χ0) is 14.6. The van der Waals surface area contributed by atoms with Crippen LogP contribution in [0.3, 0.4) is 0 Å². The van der Waals surface area contributed by atoms with Gasteiger partial charge in [-0.1, -0.05) is 20.8 Å². The van der Waals surface area contributed by atoms with E-state index in [9.17, 15) is 8.78 Å². The molecule has 0 saturated carbocycles. The monoisotopic (exact) mass is 271 g/mol. The zero-order valence-electron chi connectivity index (χ0n) is 12.1. The summed E-state index contributed by atoms with van der Waals surface area (Å²) in [5, 5.41) is 0. The van der Waals surface area contributed by atoms with Crippen LogP contribution >= 0.6 is 0 Å². The molecule has 2 nitrogen and oxygen atoms in total. The Kier molecular flexibility index (Phi) is 5.29. The molecule has 0 fully saturated rings. The number of ether oxygens (including phenoxy) is 1.